The molecule has 1 aromatic rings. The van der Waals surface area contributed by atoms with Crippen molar-refractivity contribution in [1.82, 2.24) is 9.99 Å². The number of rotatable bonds is 11. The Bertz CT molecular complexity index is 575. The largest absolute Gasteiger partial charge is 0.354 e. The van der Waals surface area contributed by atoms with Gasteiger partial charge in [0.25, 0.3) is 0 Å². The maximum absolute atomic E-state index is 12.7. The molecule has 0 aliphatic rings. The highest BCUT2D eigenvalue weighted by Gasteiger charge is 2.28. The number of nitrogens with zero attached hydrogens (tertiary/aromatic N) is 1. The van der Waals surface area contributed by atoms with Crippen molar-refractivity contribution >= 4 is 47.3 Å². The van der Waals surface area contributed by atoms with Gasteiger partial charge in [0.2, 0.25) is 0 Å². The van der Waals surface area contributed by atoms with Gasteiger partial charge in [-0.3, -0.25) is 9.65 Å². The van der Waals surface area contributed by atoms with Crippen LogP contribution in [0.2, 0.25) is 5.02 Å². The van der Waals surface area contributed by atoms with Gasteiger partial charge in [-0.15, -0.1) is 11.6 Å². The van der Waals surface area contributed by atoms with Gasteiger partial charge in [0.15, 0.2) is 0 Å². The molecule has 0 aliphatic carbocycles. The zero-order chi connectivity index (χ0) is 18.7. The van der Waals surface area contributed by atoms with E-state index in [-0.39, 0.29) is 6.61 Å². The van der Waals surface area contributed by atoms with Crippen LogP contribution < -0.4 is 5.09 Å². The van der Waals surface area contributed by atoms with E-state index < -0.39 is 12.8 Å². The highest BCUT2D eigenvalue weighted by atomic mass is 35.5. The molecular formula is C16H25Cl2N2O3PS. The zero-order valence-corrected chi connectivity index (χ0v) is 17.8. The first kappa shape index (κ1) is 22.7. The third-order valence-corrected chi connectivity index (χ3v) is 7.79. The van der Waals surface area contributed by atoms with Gasteiger partial charge in [0.1, 0.15) is 0 Å². The molecule has 1 aromatic carbocycles. The minimum atomic E-state index is -3.26. The van der Waals surface area contributed by atoms with Crippen molar-refractivity contribution in [3.8, 4) is 0 Å². The summed E-state index contributed by atoms with van der Waals surface area (Å²) in [6, 6.07) is 7.04. The Morgan fingerprint density at radius 2 is 1.96 bits per heavy atom. The number of amides is 2. The van der Waals surface area contributed by atoms with Crippen LogP contribution in [-0.4, -0.2) is 42.3 Å². The molecule has 0 radical (unpaired) electrons. The van der Waals surface area contributed by atoms with E-state index in [4.69, 9.17) is 27.7 Å². The third-order valence-electron chi connectivity index (χ3n) is 3.22. The van der Waals surface area contributed by atoms with Gasteiger partial charge in [-0.2, -0.15) is 0 Å². The summed E-state index contributed by atoms with van der Waals surface area (Å²) in [6.45, 7) is 1.58. The van der Waals surface area contributed by atoms with Crippen LogP contribution in [0.15, 0.2) is 24.3 Å². The Labute approximate surface area is 164 Å². The smallest absolute Gasteiger partial charge is 0.323 e. The van der Waals surface area contributed by atoms with Crippen LogP contribution in [0, 0.1) is 0 Å². The number of halogens is 2. The molecule has 25 heavy (non-hydrogen) atoms. The van der Waals surface area contributed by atoms with E-state index in [0.29, 0.717) is 36.2 Å². The summed E-state index contributed by atoms with van der Waals surface area (Å²) >= 11 is 12.8. The Morgan fingerprint density at radius 3 is 2.52 bits per heavy atom. The van der Waals surface area contributed by atoms with E-state index in [9.17, 15) is 9.36 Å². The van der Waals surface area contributed by atoms with Crippen molar-refractivity contribution in [2.24, 2.45) is 0 Å². The van der Waals surface area contributed by atoms with E-state index in [1.165, 1.54) is 0 Å². The highest BCUT2D eigenvalue weighted by Crippen LogP contribution is 2.56. The number of urea groups is 1. The number of carbonyl (C=O) groups is 1. The Balaban J connectivity index is 2.69. The second kappa shape index (κ2) is 12.1. The van der Waals surface area contributed by atoms with Gasteiger partial charge in [0, 0.05) is 29.7 Å². The van der Waals surface area contributed by atoms with Crippen LogP contribution in [0.3, 0.4) is 0 Å². The van der Waals surface area contributed by atoms with Crippen LogP contribution in [0.4, 0.5) is 4.79 Å². The van der Waals surface area contributed by atoms with Crippen LogP contribution in [0.1, 0.15) is 25.8 Å². The summed E-state index contributed by atoms with van der Waals surface area (Å²) < 4.78 is 18.1. The van der Waals surface area contributed by atoms with E-state index in [2.05, 4.69) is 5.09 Å². The quantitative estimate of drug-likeness (QED) is 0.379. The summed E-state index contributed by atoms with van der Waals surface area (Å²) in [5, 5.41) is 3.23. The lowest BCUT2D eigenvalue weighted by Crippen LogP contribution is -2.40. The van der Waals surface area contributed by atoms with Gasteiger partial charge in [0.05, 0.1) is 6.61 Å². The topological polar surface area (TPSA) is 58.6 Å². The lowest BCUT2D eigenvalue weighted by molar-refractivity contribution is 0.205. The fourth-order valence-electron chi connectivity index (χ4n) is 2.00. The van der Waals surface area contributed by atoms with Crippen molar-refractivity contribution in [3.05, 3.63) is 34.9 Å². The van der Waals surface area contributed by atoms with Gasteiger partial charge in [-0.05, 0) is 48.8 Å². The Hall–Kier alpha value is -0.390. The number of hydrogen-bond acceptors (Lipinski definition) is 4. The summed E-state index contributed by atoms with van der Waals surface area (Å²) in [7, 11) is 0. The maximum Gasteiger partial charge on any atom is 0.354 e. The van der Waals surface area contributed by atoms with Crippen molar-refractivity contribution in [3.63, 3.8) is 0 Å². The standard InChI is InChI=1S/C16H25Cl2N2O3PS/c1-3-13-25-24(22,23-4-2)19-16(21)20(12-10-17)11-9-14-5-7-15(18)8-6-14/h5-8H,3-4,9-13H2,1-2H3,(H,19,21,22). The van der Waals surface area contributed by atoms with Gasteiger partial charge in [-0.1, -0.05) is 30.7 Å². The second-order valence-electron chi connectivity index (χ2n) is 5.22. The third kappa shape index (κ3) is 8.69. The highest BCUT2D eigenvalue weighted by molar-refractivity contribution is 8.56. The van der Waals surface area contributed by atoms with E-state index >= 15 is 0 Å². The summed E-state index contributed by atoms with van der Waals surface area (Å²) in [5.74, 6) is 0.951. The molecule has 2 amide bonds. The SMILES string of the molecule is CCCSP(=O)(NC(=O)N(CCCl)CCc1ccc(Cl)cc1)OCC. The van der Waals surface area contributed by atoms with Gasteiger partial charge < -0.3 is 9.42 Å². The van der Waals surface area contributed by atoms with Crippen LogP contribution in [0.25, 0.3) is 0 Å². The molecular weight excluding hydrogens is 402 g/mol. The monoisotopic (exact) mass is 426 g/mol. The predicted octanol–water partition coefficient (Wildman–Crippen LogP) is 5.42. The van der Waals surface area contributed by atoms with Crippen molar-refractivity contribution in [1.29, 1.82) is 0 Å². The predicted molar refractivity (Wildman–Crippen MR) is 108 cm³/mol. The average Bonchev–Trinajstić information content (AvgIpc) is 2.58. The van der Waals surface area contributed by atoms with Crippen LogP contribution in [0.5, 0.6) is 0 Å². The molecule has 0 saturated heterocycles. The molecule has 0 saturated carbocycles. The summed E-state index contributed by atoms with van der Waals surface area (Å²) in [4.78, 5) is 14.1. The fourth-order valence-corrected chi connectivity index (χ4v) is 5.91. The molecule has 0 aromatic heterocycles. The molecule has 5 nitrogen and oxygen atoms in total. The van der Waals surface area contributed by atoms with Crippen molar-refractivity contribution < 1.29 is 13.9 Å². The summed E-state index contributed by atoms with van der Waals surface area (Å²) in [6.07, 6.45) is 1.50. The minimum absolute atomic E-state index is 0.272. The number of nitrogens with one attached hydrogen (secondary N) is 1. The molecule has 0 spiro atoms. The molecule has 0 heterocycles. The van der Waals surface area contributed by atoms with Crippen molar-refractivity contribution in [2.45, 2.75) is 26.7 Å². The van der Waals surface area contributed by atoms with E-state index in [1.807, 2.05) is 31.2 Å². The van der Waals surface area contributed by atoms with Gasteiger partial charge in [-0.25, -0.2) is 4.79 Å². The normalized spacial score (nSPS) is 13.3. The number of benzene rings is 1. The second-order valence-corrected chi connectivity index (χ2v) is 10.4. The molecule has 1 unspecified atom stereocenters. The molecule has 142 valence electrons. The fraction of sp³-hybridized carbons (Fsp3) is 0.562. The zero-order valence-electron chi connectivity index (χ0n) is 14.5. The van der Waals surface area contributed by atoms with Crippen LogP contribution >= 0.6 is 41.3 Å². The molecule has 9 heteroatoms. The summed E-state index contributed by atoms with van der Waals surface area (Å²) in [5.41, 5.74) is 1.06. The number of carbonyl (C=O) groups excluding carboxylic acids is 1. The lowest BCUT2D eigenvalue weighted by Gasteiger charge is -2.25. The molecule has 0 fully saturated rings. The minimum Gasteiger partial charge on any atom is -0.323 e. The molecule has 0 aliphatic heterocycles. The maximum atomic E-state index is 12.7. The Kier molecular flexibility index (Phi) is 10.9. The first-order valence-electron chi connectivity index (χ1n) is 8.20. The number of alkyl halides is 1. The molecule has 0 bridgehead atoms. The molecule has 1 atom stereocenters. The number of hydrogen-bond donors (Lipinski definition) is 1. The molecule has 1 N–H and O–H groups in total. The van der Waals surface area contributed by atoms with E-state index in [0.717, 1.165) is 23.4 Å². The van der Waals surface area contributed by atoms with Gasteiger partial charge >= 0.3 is 12.8 Å². The van der Waals surface area contributed by atoms with E-state index in [1.54, 1.807) is 11.8 Å². The average molecular weight is 427 g/mol. The molecule has 1 rings (SSSR count). The lowest BCUT2D eigenvalue weighted by atomic mass is 10.1. The first-order valence-corrected chi connectivity index (χ1v) is 12.3. The Morgan fingerprint density at radius 1 is 1.28 bits per heavy atom. The van der Waals surface area contributed by atoms with Crippen molar-refractivity contribution in [2.75, 3.05) is 31.3 Å². The van der Waals surface area contributed by atoms with Crippen LogP contribution in [-0.2, 0) is 15.5 Å². The first-order chi connectivity index (χ1) is 11.9.